The average molecular weight is 379 g/mol. The van der Waals surface area contributed by atoms with E-state index in [1.807, 2.05) is 37.3 Å². The number of fused-ring (bicyclic) bond motifs is 1. The van der Waals surface area contributed by atoms with E-state index in [0.29, 0.717) is 11.7 Å². The molecule has 1 amide bonds. The number of methoxy groups -OCH3 is 1. The second-order valence-electron chi connectivity index (χ2n) is 6.72. The van der Waals surface area contributed by atoms with Crippen LogP contribution < -0.4 is 15.4 Å². The second kappa shape index (κ2) is 7.22. The van der Waals surface area contributed by atoms with Gasteiger partial charge in [0.15, 0.2) is 11.5 Å². The van der Waals surface area contributed by atoms with Crippen molar-refractivity contribution in [3.05, 3.63) is 60.4 Å². The van der Waals surface area contributed by atoms with Gasteiger partial charge < -0.3 is 20.5 Å². The number of nitrogens with zero attached hydrogens (tertiary/aromatic N) is 3. The molecule has 1 aliphatic heterocycles. The molecular formula is C20H21N5O3. The van der Waals surface area contributed by atoms with Crippen molar-refractivity contribution in [2.24, 2.45) is 5.92 Å². The van der Waals surface area contributed by atoms with Crippen molar-refractivity contribution >= 4 is 17.5 Å². The smallest absolute Gasteiger partial charge is 0.232 e. The van der Waals surface area contributed by atoms with Gasteiger partial charge in [0.25, 0.3) is 0 Å². The van der Waals surface area contributed by atoms with Gasteiger partial charge in [-0.1, -0.05) is 24.3 Å². The summed E-state index contributed by atoms with van der Waals surface area (Å²) < 4.78 is 6.95. The summed E-state index contributed by atoms with van der Waals surface area (Å²) in [5.41, 5.74) is 1.52. The number of benzene rings is 2. The van der Waals surface area contributed by atoms with Gasteiger partial charge in [0.2, 0.25) is 11.9 Å². The predicted molar refractivity (Wildman–Crippen MR) is 104 cm³/mol. The Labute approximate surface area is 162 Å². The van der Waals surface area contributed by atoms with Crippen LogP contribution in [0.15, 0.2) is 54.9 Å². The third kappa shape index (κ3) is 3.13. The molecule has 0 bridgehead atoms. The average Bonchev–Trinajstić information content (AvgIpc) is 3.16. The van der Waals surface area contributed by atoms with E-state index in [4.69, 9.17) is 4.74 Å². The highest BCUT2D eigenvalue weighted by molar-refractivity contribution is 5.94. The lowest BCUT2D eigenvalue weighted by atomic mass is 9.85. The molecule has 0 unspecified atom stereocenters. The number of aromatic hydroxyl groups is 1. The van der Waals surface area contributed by atoms with E-state index < -0.39 is 12.0 Å². The van der Waals surface area contributed by atoms with E-state index in [9.17, 15) is 9.90 Å². The standard InChI is InChI=1S/C20H21N5O3/c1-12-17(19(27)24-14-6-4-3-5-7-14)18(25-20(23-12)21-11-22-25)13-8-9-15(26)16(10-13)28-2/h3-12,17-18,26H,1-2H3,(H,24,27)(H,21,22,23)/t12-,17+,18+/m1/s1. The number of para-hydroxylation sites is 1. The molecule has 4 rings (SSSR count). The van der Waals surface area contributed by atoms with Gasteiger partial charge in [-0.2, -0.15) is 10.1 Å². The Bertz CT molecular complexity index is 989. The van der Waals surface area contributed by atoms with Crippen LogP contribution in [0.5, 0.6) is 11.5 Å². The quantitative estimate of drug-likeness (QED) is 0.644. The van der Waals surface area contributed by atoms with Crippen LogP contribution in [0.2, 0.25) is 0 Å². The van der Waals surface area contributed by atoms with Crippen molar-refractivity contribution < 1.29 is 14.6 Å². The highest BCUT2D eigenvalue weighted by Gasteiger charge is 2.41. The van der Waals surface area contributed by atoms with Gasteiger partial charge in [0.1, 0.15) is 6.33 Å². The molecule has 3 aromatic rings. The van der Waals surface area contributed by atoms with Crippen LogP contribution in [0.4, 0.5) is 11.6 Å². The van der Waals surface area contributed by atoms with E-state index in [1.54, 1.807) is 22.9 Å². The summed E-state index contributed by atoms with van der Waals surface area (Å²) in [6.07, 6.45) is 1.46. The molecule has 0 saturated carbocycles. The first kappa shape index (κ1) is 17.8. The first-order valence-corrected chi connectivity index (χ1v) is 8.97. The first-order valence-electron chi connectivity index (χ1n) is 8.97. The number of nitrogens with one attached hydrogen (secondary N) is 2. The Hall–Kier alpha value is -3.55. The van der Waals surface area contributed by atoms with Crippen molar-refractivity contribution in [3.63, 3.8) is 0 Å². The van der Waals surface area contributed by atoms with Crippen molar-refractivity contribution in [1.82, 2.24) is 14.8 Å². The summed E-state index contributed by atoms with van der Waals surface area (Å²) in [6.45, 7) is 1.94. The Morgan fingerprint density at radius 3 is 2.79 bits per heavy atom. The molecule has 3 N–H and O–H groups in total. The second-order valence-corrected chi connectivity index (χ2v) is 6.72. The fourth-order valence-corrected chi connectivity index (χ4v) is 3.62. The van der Waals surface area contributed by atoms with Crippen LogP contribution in [0.3, 0.4) is 0 Å². The zero-order chi connectivity index (χ0) is 19.7. The van der Waals surface area contributed by atoms with Crippen LogP contribution >= 0.6 is 0 Å². The maximum atomic E-state index is 13.2. The van der Waals surface area contributed by atoms with E-state index in [2.05, 4.69) is 20.7 Å². The van der Waals surface area contributed by atoms with E-state index in [0.717, 1.165) is 11.3 Å². The van der Waals surface area contributed by atoms with Crippen LogP contribution in [0.25, 0.3) is 0 Å². The maximum Gasteiger partial charge on any atom is 0.232 e. The van der Waals surface area contributed by atoms with Crippen molar-refractivity contribution in [3.8, 4) is 11.5 Å². The number of ether oxygens (including phenoxy) is 1. The first-order chi connectivity index (χ1) is 13.6. The molecule has 1 aromatic heterocycles. The topological polar surface area (TPSA) is 101 Å². The molecule has 0 radical (unpaired) electrons. The molecule has 2 heterocycles. The minimum Gasteiger partial charge on any atom is -0.504 e. The molecule has 0 spiro atoms. The highest BCUT2D eigenvalue weighted by atomic mass is 16.5. The fourth-order valence-electron chi connectivity index (χ4n) is 3.62. The molecule has 3 atom stereocenters. The molecule has 8 heteroatoms. The largest absolute Gasteiger partial charge is 0.504 e. The Morgan fingerprint density at radius 1 is 1.25 bits per heavy atom. The third-order valence-electron chi connectivity index (χ3n) is 4.96. The fraction of sp³-hybridized carbons (Fsp3) is 0.250. The van der Waals surface area contributed by atoms with Crippen LogP contribution in [0, 0.1) is 5.92 Å². The Kier molecular flexibility index (Phi) is 4.60. The van der Waals surface area contributed by atoms with Crippen molar-refractivity contribution in [1.29, 1.82) is 0 Å². The normalized spacial score (nSPS) is 20.7. The Balaban J connectivity index is 1.76. The molecule has 1 aliphatic rings. The summed E-state index contributed by atoms with van der Waals surface area (Å²) in [6, 6.07) is 13.8. The number of phenols is 1. The minimum atomic E-state index is -0.469. The zero-order valence-electron chi connectivity index (χ0n) is 15.5. The van der Waals surface area contributed by atoms with E-state index in [-0.39, 0.29) is 17.7 Å². The van der Waals surface area contributed by atoms with Gasteiger partial charge in [-0.3, -0.25) is 4.79 Å². The lowest BCUT2D eigenvalue weighted by Gasteiger charge is -2.37. The third-order valence-corrected chi connectivity index (χ3v) is 4.96. The number of hydrogen-bond acceptors (Lipinski definition) is 6. The number of rotatable bonds is 4. The predicted octanol–water partition coefficient (Wildman–Crippen LogP) is 2.65. The van der Waals surface area contributed by atoms with Crippen LogP contribution in [-0.2, 0) is 4.79 Å². The van der Waals surface area contributed by atoms with Gasteiger partial charge in [0.05, 0.1) is 19.1 Å². The molecule has 28 heavy (non-hydrogen) atoms. The van der Waals surface area contributed by atoms with Crippen molar-refractivity contribution in [2.45, 2.75) is 19.0 Å². The van der Waals surface area contributed by atoms with Crippen LogP contribution in [0.1, 0.15) is 18.5 Å². The number of amides is 1. The van der Waals surface area contributed by atoms with Gasteiger partial charge in [0, 0.05) is 11.7 Å². The number of phenolic OH excluding ortho intramolecular Hbond substituents is 1. The summed E-state index contributed by atoms with van der Waals surface area (Å²) in [4.78, 5) is 17.5. The number of hydrogen-bond donors (Lipinski definition) is 3. The number of aromatic nitrogens is 3. The van der Waals surface area contributed by atoms with Gasteiger partial charge >= 0.3 is 0 Å². The summed E-state index contributed by atoms with van der Waals surface area (Å²) in [7, 11) is 1.49. The number of anilines is 2. The van der Waals surface area contributed by atoms with Gasteiger partial charge in [-0.25, -0.2) is 4.68 Å². The SMILES string of the molecule is COc1cc([C@H]2[C@@H](C(=O)Nc3ccccc3)[C@@H](C)Nc3ncnn32)ccc1O. The summed E-state index contributed by atoms with van der Waals surface area (Å²) in [5, 5.41) is 20.5. The molecule has 0 saturated heterocycles. The molecular weight excluding hydrogens is 358 g/mol. The summed E-state index contributed by atoms with van der Waals surface area (Å²) >= 11 is 0. The molecule has 0 fully saturated rings. The lowest BCUT2D eigenvalue weighted by Crippen LogP contribution is -2.46. The molecule has 144 valence electrons. The van der Waals surface area contributed by atoms with E-state index >= 15 is 0 Å². The highest BCUT2D eigenvalue weighted by Crippen LogP contribution is 2.39. The molecule has 2 aromatic carbocycles. The monoisotopic (exact) mass is 379 g/mol. The maximum absolute atomic E-state index is 13.2. The minimum absolute atomic E-state index is 0.0392. The van der Waals surface area contributed by atoms with Gasteiger partial charge in [-0.15, -0.1) is 0 Å². The summed E-state index contributed by atoms with van der Waals surface area (Å²) in [5.74, 6) is 0.367. The van der Waals surface area contributed by atoms with Gasteiger partial charge in [-0.05, 0) is 36.8 Å². The molecule has 8 nitrogen and oxygen atoms in total. The molecule has 0 aliphatic carbocycles. The van der Waals surface area contributed by atoms with Crippen molar-refractivity contribution in [2.75, 3.05) is 17.7 Å². The number of carbonyl (C=O) groups excluding carboxylic acids is 1. The number of carbonyl (C=O) groups is 1. The van der Waals surface area contributed by atoms with Crippen LogP contribution in [-0.4, -0.2) is 38.9 Å². The zero-order valence-corrected chi connectivity index (χ0v) is 15.5. The Morgan fingerprint density at radius 2 is 2.04 bits per heavy atom. The lowest BCUT2D eigenvalue weighted by molar-refractivity contribution is -0.121. The van der Waals surface area contributed by atoms with E-state index in [1.165, 1.54) is 13.4 Å².